The van der Waals surface area contributed by atoms with Gasteiger partial charge in [0.25, 0.3) is 0 Å². The predicted octanol–water partition coefficient (Wildman–Crippen LogP) is 2.65. The fourth-order valence-corrected chi connectivity index (χ4v) is 4.31. The Morgan fingerprint density at radius 1 is 0.923 bits per heavy atom. The molecule has 0 radical (unpaired) electrons. The second-order valence-electron chi connectivity index (χ2n) is 5.38. The zero-order chi connectivity index (χ0) is 8.84. The van der Waals surface area contributed by atoms with Gasteiger partial charge < -0.3 is 4.79 Å². The first-order valence-corrected chi connectivity index (χ1v) is 5.84. The average molecular weight is 178 g/mol. The summed E-state index contributed by atoms with van der Waals surface area (Å²) < 4.78 is 0. The van der Waals surface area contributed by atoms with Crippen molar-refractivity contribution in [1.82, 2.24) is 0 Å². The third-order valence-corrected chi connectivity index (χ3v) is 4.90. The lowest BCUT2D eigenvalue weighted by Gasteiger charge is -2.40. The van der Waals surface area contributed by atoms with E-state index >= 15 is 0 Å². The molecule has 0 saturated heterocycles. The molecule has 72 valence electrons. The van der Waals surface area contributed by atoms with Crippen LogP contribution < -0.4 is 0 Å². The summed E-state index contributed by atoms with van der Waals surface area (Å²) >= 11 is 0. The Morgan fingerprint density at radius 3 is 2.62 bits per heavy atom. The van der Waals surface area contributed by atoms with Gasteiger partial charge in [0.1, 0.15) is 6.29 Å². The summed E-state index contributed by atoms with van der Waals surface area (Å²) in [5.74, 6) is 4.08. The lowest BCUT2D eigenvalue weighted by Crippen LogP contribution is -2.30. The number of fused-ring (bicyclic) bond motifs is 6. The number of hydrogen-bond donors (Lipinski definition) is 0. The van der Waals surface area contributed by atoms with Gasteiger partial charge in [-0.15, -0.1) is 0 Å². The van der Waals surface area contributed by atoms with Crippen molar-refractivity contribution in [2.45, 2.75) is 38.5 Å². The molecule has 0 aromatic heterocycles. The predicted molar refractivity (Wildman–Crippen MR) is 51.2 cm³/mol. The van der Waals surface area contributed by atoms with Crippen molar-refractivity contribution in [1.29, 1.82) is 0 Å². The summed E-state index contributed by atoms with van der Waals surface area (Å²) in [7, 11) is 0. The van der Waals surface area contributed by atoms with E-state index < -0.39 is 0 Å². The third-order valence-electron chi connectivity index (χ3n) is 4.90. The van der Waals surface area contributed by atoms with Crippen LogP contribution in [0.1, 0.15) is 38.5 Å². The molecule has 3 aliphatic rings. The van der Waals surface area contributed by atoms with Gasteiger partial charge in [0.15, 0.2) is 0 Å². The zero-order valence-corrected chi connectivity index (χ0v) is 8.11. The van der Waals surface area contributed by atoms with Crippen molar-refractivity contribution in [2.75, 3.05) is 0 Å². The van der Waals surface area contributed by atoms with E-state index in [9.17, 15) is 4.79 Å². The minimum Gasteiger partial charge on any atom is -0.303 e. The highest BCUT2D eigenvalue weighted by atomic mass is 16.1. The van der Waals surface area contributed by atoms with Gasteiger partial charge in [0, 0.05) is 5.92 Å². The van der Waals surface area contributed by atoms with E-state index in [4.69, 9.17) is 0 Å². The van der Waals surface area contributed by atoms with E-state index in [-0.39, 0.29) is 0 Å². The Bertz CT molecular complexity index is 223. The summed E-state index contributed by atoms with van der Waals surface area (Å²) in [5.41, 5.74) is 0. The van der Waals surface area contributed by atoms with E-state index in [1.165, 1.54) is 44.8 Å². The van der Waals surface area contributed by atoms with Crippen LogP contribution in [0.3, 0.4) is 0 Å². The molecule has 4 bridgehead atoms. The number of aldehydes is 1. The lowest BCUT2D eigenvalue weighted by molar-refractivity contribution is -0.112. The van der Waals surface area contributed by atoms with Crippen LogP contribution in [0.4, 0.5) is 0 Å². The zero-order valence-electron chi connectivity index (χ0n) is 8.11. The second kappa shape index (κ2) is 2.83. The highest BCUT2D eigenvalue weighted by molar-refractivity contribution is 5.55. The lowest BCUT2D eigenvalue weighted by atomic mass is 9.66. The maximum absolute atomic E-state index is 10.9. The number of hydrogen-bond acceptors (Lipinski definition) is 1. The molecule has 3 fully saturated rings. The molecular weight excluding hydrogens is 160 g/mol. The highest BCUT2D eigenvalue weighted by Crippen LogP contribution is 2.55. The molecule has 3 unspecified atom stereocenters. The smallest absolute Gasteiger partial charge is 0.123 e. The molecule has 3 rings (SSSR count). The molecule has 0 aromatic rings. The molecule has 1 heteroatoms. The highest BCUT2D eigenvalue weighted by Gasteiger charge is 2.47. The normalized spacial score (nSPS) is 53.4. The standard InChI is InChI=1S/C12H18O/c13-7-11-5-10-6-12(11)9-3-1-2-8(10)4-9/h7-12H,1-6H2/t8-,9?,10?,11+,12?/m0/s1. The molecule has 0 N–H and O–H groups in total. The van der Waals surface area contributed by atoms with Crippen molar-refractivity contribution in [3.8, 4) is 0 Å². The van der Waals surface area contributed by atoms with Crippen LogP contribution in [-0.4, -0.2) is 6.29 Å². The summed E-state index contributed by atoms with van der Waals surface area (Å²) in [6.45, 7) is 0. The van der Waals surface area contributed by atoms with Crippen LogP contribution >= 0.6 is 0 Å². The van der Waals surface area contributed by atoms with Gasteiger partial charge in [0.05, 0.1) is 0 Å². The van der Waals surface area contributed by atoms with Crippen LogP contribution in [0.5, 0.6) is 0 Å². The van der Waals surface area contributed by atoms with Gasteiger partial charge in [-0.3, -0.25) is 0 Å². The molecular formula is C12H18O. The van der Waals surface area contributed by atoms with Gasteiger partial charge in [0.2, 0.25) is 0 Å². The summed E-state index contributed by atoms with van der Waals surface area (Å²) in [6, 6.07) is 0. The topological polar surface area (TPSA) is 17.1 Å². The Kier molecular flexibility index (Phi) is 1.75. The fourth-order valence-electron chi connectivity index (χ4n) is 4.31. The number of rotatable bonds is 1. The maximum Gasteiger partial charge on any atom is 0.123 e. The molecule has 3 aliphatic carbocycles. The van der Waals surface area contributed by atoms with E-state index in [0.29, 0.717) is 5.92 Å². The molecule has 13 heavy (non-hydrogen) atoms. The number of carbonyl (C=O) groups is 1. The number of carbonyl (C=O) groups excluding carboxylic acids is 1. The molecule has 5 atom stereocenters. The molecule has 0 aliphatic heterocycles. The largest absolute Gasteiger partial charge is 0.303 e. The third kappa shape index (κ3) is 1.09. The van der Waals surface area contributed by atoms with E-state index in [1.54, 1.807) is 0 Å². The van der Waals surface area contributed by atoms with Crippen LogP contribution in [0.2, 0.25) is 0 Å². The van der Waals surface area contributed by atoms with Gasteiger partial charge in [-0.1, -0.05) is 19.3 Å². The van der Waals surface area contributed by atoms with Crippen molar-refractivity contribution in [3.63, 3.8) is 0 Å². The van der Waals surface area contributed by atoms with E-state index in [0.717, 1.165) is 23.7 Å². The summed E-state index contributed by atoms with van der Waals surface area (Å²) in [6.07, 6.45) is 9.64. The quantitative estimate of drug-likeness (QED) is 0.564. The first kappa shape index (κ1) is 8.02. The summed E-state index contributed by atoms with van der Waals surface area (Å²) in [4.78, 5) is 10.9. The van der Waals surface area contributed by atoms with Crippen molar-refractivity contribution < 1.29 is 4.79 Å². The molecule has 0 aromatic carbocycles. The molecule has 1 nitrogen and oxygen atoms in total. The molecule has 0 amide bonds. The minimum atomic E-state index is 0.443. The molecule has 3 saturated carbocycles. The Hall–Kier alpha value is -0.330. The Labute approximate surface area is 79.9 Å². The first-order chi connectivity index (χ1) is 6.38. The van der Waals surface area contributed by atoms with Gasteiger partial charge in [-0.05, 0) is 42.9 Å². The Morgan fingerprint density at radius 2 is 1.77 bits per heavy atom. The van der Waals surface area contributed by atoms with Gasteiger partial charge in [-0.2, -0.15) is 0 Å². The SMILES string of the molecule is O=C[C@H]1CC2CC1C1CCC[C@H]2C1. The minimum absolute atomic E-state index is 0.443. The monoisotopic (exact) mass is 178 g/mol. The van der Waals surface area contributed by atoms with Crippen molar-refractivity contribution in [3.05, 3.63) is 0 Å². The van der Waals surface area contributed by atoms with Crippen LogP contribution in [0.15, 0.2) is 0 Å². The van der Waals surface area contributed by atoms with Crippen LogP contribution in [-0.2, 0) is 4.79 Å². The average Bonchev–Trinajstić information content (AvgIpc) is 2.57. The fraction of sp³-hybridized carbons (Fsp3) is 0.917. The summed E-state index contributed by atoms with van der Waals surface area (Å²) in [5, 5.41) is 0. The molecule has 0 spiro atoms. The van der Waals surface area contributed by atoms with E-state index in [2.05, 4.69) is 0 Å². The van der Waals surface area contributed by atoms with E-state index in [1.807, 2.05) is 0 Å². The second-order valence-corrected chi connectivity index (χ2v) is 5.38. The van der Waals surface area contributed by atoms with Crippen LogP contribution in [0.25, 0.3) is 0 Å². The van der Waals surface area contributed by atoms with Crippen molar-refractivity contribution >= 4 is 6.29 Å². The first-order valence-electron chi connectivity index (χ1n) is 5.84. The van der Waals surface area contributed by atoms with Gasteiger partial charge in [-0.25, -0.2) is 0 Å². The van der Waals surface area contributed by atoms with Gasteiger partial charge >= 0.3 is 0 Å². The maximum atomic E-state index is 10.9. The van der Waals surface area contributed by atoms with Crippen LogP contribution in [0, 0.1) is 29.6 Å². The Balaban J connectivity index is 1.88. The molecule has 0 heterocycles. The van der Waals surface area contributed by atoms with Crippen molar-refractivity contribution in [2.24, 2.45) is 29.6 Å².